The minimum Gasteiger partial charge on any atom is -0.484 e. The first-order valence-electron chi connectivity index (χ1n) is 5.54. The van der Waals surface area contributed by atoms with Crippen LogP contribution in [0.15, 0.2) is 36.5 Å². The van der Waals surface area contributed by atoms with Crippen LogP contribution in [0.1, 0.15) is 0 Å². The van der Waals surface area contributed by atoms with Crippen molar-refractivity contribution in [2.75, 3.05) is 11.9 Å². The third-order valence-electron chi connectivity index (χ3n) is 2.29. The van der Waals surface area contributed by atoms with E-state index in [1.165, 1.54) is 12.3 Å². The molecule has 0 atom stereocenters. The minimum absolute atomic E-state index is 0.177. The van der Waals surface area contributed by atoms with Gasteiger partial charge in [-0.05, 0) is 24.3 Å². The van der Waals surface area contributed by atoms with Gasteiger partial charge < -0.3 is 10.1 Å². The van der Waals surface area contributed by atoms with E-state index in [0.29, 0.717) is 21.5 Å². The summed E-state index contributed by atoms with van der Waals surface area (Å²) in [6, 6.07) is 8.07. The average Bonchev–Trinajstić information content (AvgIpc) is 2.43. The summed E-state index contributed by atoms with van der Waals surface area (Å²) >= 11 is 17.4. The van der Waals surface area contributed by atoms with Gasteiger partial charge in [-0.15, -0.1) is 0 Å². The third kappa shape index (κ3) is 4.00. The van der Waals surface area contributed by atoms with Crippen LogP contribution in [0.5, 0.6) is 5.75 Å². The van der Waals surface area contributed by atoms with Gasteiger partial charge in [0, 0.05) is 12.3 Å². The number of hydrogen-bond acceptors (Lipinski definition) is 3. The molecule has 0 aliphatic carbocycles. The molecule has 0 fully saturated rings. The summed E-state index contributed by atoms with van der Waals surface area (Å²) in [5.41, 5.74) is 0.428. The maximum atomic E-state index is 11.7. The zero-order chi connectivity index (χ0) is 14.5. The summed E-state index contributed by atoms with van der Waals surface area (Å²) in [5.74, 6) is 0.0952. The molecule has 0 radical (unpaired) electrons. The van der Waals surface area contributed by atoms with Crippen molar-refractivity contribution in [3.05, 3.63) is 51.7 Å². The largest absolute Gasteiger partial charge is 0.484 e. The van der Waals surface area contributed by atoms with Crippen molar-refractivity contribution in [2.45, 2.75) is 0 Å². The normalized spacial score (nSPS) is 10.2. The van der Waals surface area contributed by atoms with Crippen LogP contribution in [0.2, 0.25) is 15.2 Å². The number of rotatable bonds is 4. The molecule has 20 heavy (non-hydrogen) atoms. The molecule has 1 amide bonds. The highest BCUT2D eigenvalue weighted by Gasteiger charge is 2.07. The van der Waals surface area contributed by atoms with Gasteiger partial charge in [-0.1, -0.05) is 34.8 Å². The van der Waals surface area contributed by atoms with Gasteiger partial charge in [-0.2, -0.15) is 0 Å². The fourth-order valence-corrected chi connectivity index (χ4v) is 1.84. The smallest absolute Gasteiger partial charge is 0.262 e. The molecule has 0 bridgehead atoms. The van der Waals surface area contributed by atoms with Crippen molar-refractivity contribution in [1.29, 1.82) is 0 Å². The summed E-state index contributed by atoms with van der Waals surface area (Å²) in [6.07, 6.45) is 1.53. The second-order valence-corrected chi connectivity index (χ2v) is 4.93. The Morgan fingerprint density at radius 1 is 1.20 bits per heavy atom. The van der Waals surface area contributed by atoms with E-state index in [1.54, 1.807) is 24.3 Å². The third-order valence-corrected chi connectivity index (χ3v) is 3.33. The van der Waals surface area contributed by atoms with E-state index in [1.807, 2.05) is 0 Å². The van der Waals surface area contributed by atoms with Crippen molar-refractivity contribution < 1.29 is 9.53 Å². The van der Waals surface area contributed by atoms with E-state index < -0.39 is 0 Å². The lowest BCUT2D eigenvalue weighted by Gasteiger charge is -2.08. The minimum atomic E-state index is -0.356. The summed E-state index contributed by atoms with van der Waals surface area (Å²) in [4.78, 5) is 15.6. The number of aromatic nitrogens is 1. The van der Waals surface area contributed by atoms with E-state index in [4.69, 9.17) is 39.5 Å². The molecule has 0 saturated heterocycles. The number of pyridine rings is 1. The van der Waals surface area contributed by atoms with Crippen molar-refractivity contribution in [3.8, 4) is 5.75 Å². The van der Waals surface area contributed by atoms with Gasteiger partial charge >= 0.3 is 0 Å². The van der Waals surface area contributed by atoms with Crippen LogP contribution in [-0.4, -0.2) is 17.5 Å². The number of anilines is 1. The number of carbonyl (C=O) groups is 1. The second kappa shape index (κ2) is 6.79. The Morgan fingerprint density at radius 3 is 2.70 bits per heavy atom. The summed E-state index contributed by atoms with van der Waals surface area (Å²) < 4.78 is 5.30. The number of hydrogen-bond donors (Lipinski definition) is 1. The first-order chi connectivity index (χ1) is 9.56. The molecular formula is C13H9Cl3N2O2. The Kier molecular flexibility index (Phi) is 5.06. The Morgan fingerprint density at radius 2 is 2.00 bits per heavy atom. The van der Waals surface area contributed by atoms with Crippen LogP contribution in [0.4, 0.5) is 5.69 Å². The molecule has 0 aliphatic rings. The number of nitrogens with one attached hydrogen (secondary N) is 1. The number of benzene rings is 1. The molecule has 104 valence electrons. The molecule has 2 rings (SSSR count). The molecule has 0 spiro atoms. The number of ether oxygens (including phenoxy) is 1. The topological polar surface area (TPSA) is 51.2 Å². The first-order valence-corrected chi connectivity index (χ1v) is 6.68. The van der Waals surface area contributed by atoms with Gasteiger partial charge in [0.25, 0.3) is 5.91 Å². The lowest BCUT2D eigenvalue weighted by atomic mass is 10.3. The molecule has 1 N–H and O–H groups in total. The molecule has 7 heteroatoms. The van der Waals surface area contributed by atoms with E-state index >= 15 is 0 Å². The standard InChI is InChI=1S/C13H9Cl3N2O2/c14-9-4-3-8(6-10(9)15)20-7-12(19)18-11-2-1-5-17-13(11)16/h1-6H,7H2,(H,18,19). The van der Waals surface area contributed by atoms with E-state index in [2.05, 4.69) is 10.3 Å². The molecule has 0 unspecified atom stereocenters. The number of nitrogens with zero attached hydrogens (tertiary/aromatic N) is 1. The van der Waals surface area contributed by atoms with Crippen LogP contribution in [0.3, 0.4) is 0 Å². The molecule has 0 aliphatic heterocycles. The predicted molar refractivity (Wildman–Crippen MR) is 79.8 cm³/mol. The van der Waals surface area contributed by atoms with Gasteiger partial charge in [0.2, 0.25) is 0 Å². The zero-order valence-corrected chi connectivity index (χ0v) is 12.3. The van der Waals surface area contributed by atoms with E-state index in [-0.39, 0.29) is 17.7 Å². The summed E-state index contributed by atoms with van der Waals surface area (Å²) in [7, 11) is 0. The quantitative estimate of drug-likeness (QED) is 0.860. The highest BCUT2D eigenvalue weighted by molar-refractivity contribution is 6.42. The maximum Gasteiger partial charge on any atom is 0.262 e. The number of halogens is 3. The van der Waals surface area contributed by atoms with Gasteiger partial charge in [-0.3, -0.25) is 4.79 Å². The van der Waals surface area contributed by atoms with Crippen molar-refractivity contribution in [1.82, 2.24) is 4.98 Å². The van der Waals surface area contributed by atoms with Gasteiger partial charge in [0.05, 0.1) is 15.7 Å². The van der Waals surface area contributed by atoms with Crippen LogP contribution < -0.4 is 10.1 Å². The maximum absolute atomic E-state index is 11.7. The fourth-order valence-electron chi connectivity index (χ4n) is 1.38. The van der Waals surface area contributed by atoms with Crippen LogP contribution in [-0.2, 0) is 4.79 Å². The Balaban J connectivity index is 1.92. The summed E-state index contributed by atoms with van der Waals surface area (Å²) in [6.45, 7) is -0.177. The van der Waals surface area contributed by atoms with E-state index in [9.17, 15) is 4.79 Å². The monoisotopic (exact) mass is 330 g/mol. The summed E-state index contributed by atoms with van der Waals surface area (Å²) in [5, 5.41) is 3.59. The SMILES string of the molecule is O=C(COc1ccc(Cl)c(Cl)c1)Nc1cccnc1Cl. The zero-order valence-electron chi connectivity index (χ0n) is 10.1. The lowest BCUT2D eigenvalue weighted by Crippen LogP contribution is -2.20. The van der Waals surface area contributed by atoms with Crippen LogP contribution >= 0.6 is 34.8 Å². The highest BCUT2D eigenvalue weighted by Crippen LogP contribution is 2.26. The molecule has 0 saturated carbocycles. The Labute approximate surface area is 130 Å². The predicted octanol–water partition coefficient (Wildman–Crippen LogP) is 4.06. The Bertz CT molecular complexity index is 635. The fraction of sp³-hybridized carbons (Fsp3) is 0.0769. The van der Waals surface area contributed by atoms with Crippen molar-refractivity contribution in [3.63, 3.8) is 0 Å². The van der Waals surface area contributed by atoms with Gasteiger partial charge in [0.1, 0.15) is 5.75 Å². The van der Waals surface area contributed by atoms with Gasteiger partial charge in [-0.25, -0.2) is 4.98 Å². The van der Waals surface area contributed by atoms with Crippen LogP contribution in [0, 0.1) is 0 Å². The molecule has 2 aromatic rings. The highest BCUT2D eigenvalue weighted by atomic mass is 35.5. The number of amides is 1. The van der Waals surface area contributed by atoms with Crippen LogP contribution in [0.25, 0.3) is 0 Å². The van der Waals surface area contributed by atoms with Crippen molar-refractivity contribution >= 4 is 46.4 Å². The molecule has 4 nitrogen and oxygen atoms in total. The molecule has 1 heterocycles. The molecule has 1 aromatic carbocycles. The number of carbonyl (C=O) groups excluding carboxylic acids is 1. The molecule has 1 aromatic heterocycles. The first kappa shape index (κ1) is 14.9. The second-order valence-electron chi connectivity index (χ2n) is 3.75. The lowest BCUT2D eigenvalue weighted by molar-refractivity contribution is -0.118. The Hall–Kier alpha value is -1.49. The van der Waals surface area contributed by atoms with Gasteiger partial charge in [0.15, 0.2) is 11.8 Å². The molecular weight excluding hydrogens is 323 g/mol. The van der Waals surface area contributed by atoms with Crippen molar-refractivity contribution in [2.24, 2.45) is 0 Å². The van der Waals surface area contributed by atoms with E-state index in [0.717, 1.165) is 0 Å². The average molecular weight is 332 g/mol.